The van der Waals surface area contributed by atoms with Gasteiger partial charge in [-0.25, -0.2) is 9.59 Å². The molecule has 2 aromatic carbocycles. The first-order valence-electron chi connectivity index (χ1n) is 7.88. The number of hydrogen-bond donors (Lipinski definition) is 5. The van der Waals surface area contributed by atoms with Gasteiger partial charge in [-0.2, -0.15) is 0 Å². The molecule has 0 aromatic heterocycles. The van der Waals surface area contributed by atoms with Crippen molar-refractivity contribution >= 4 is 34.4 Å². The van der Waals surface area contributed by atoms with E-state index >= 15 is 0 Å². The van der Waals surface area contributed by atoms with Crippen molar-refractivity contribution in [2.45, 2.75) is 31.4 Å². The molecule has 2 rings (SSSR count). The largest absolute Gasteiger partial charge is 0.481 e. The molecule has 138 valence electrons. The number of hydrogen-bond acceptors (Lipinski definition) is 5. The van der Waals surface area contributed by atoms with Crippen molar-refractivity contribution in [3.05, 3.63) is 42.0 Å². The van der Waals surface area contributed by atoms with Gasteiger partial charge in [0.05, 0.1) is 6.42 Å². The van der Waals surface area contributed by atoms with Gasteiger partial charge in [0.25, 0.3) is 0 Å². The van der Waals surface area contributed by atoms with Gasteiger partial charge in [-0.3, -0.25) is 4.79 Å². The molecule has 0 aliphatic carbocycles. The highest BCUT2D eigenvalue weighted by Crippen LogP contribution is 2.31. The molecule has 0 bridgehead atoms. The number of carbonyl (C=O) groups is 3. The van der Waals surface area contributed by atoms with Crippen LogP contribution in [0.5, 0.6) is 0 Å². The lowest BCUT2D eigenvalue weighted by Crippen LogP contribution is -2.58. The molecule has 0 radical (unpaired) electrons. The number of fused-ring (bicyclic) bond motifs is 1. The summed E-state index contributed by atoms with van der Waals surface area (Å²) < 4.78 is 0. The van der Waals surface area contributed by atoms with Gasteiger partial charge in [0.2, 0.25) is 5.60 Å². The smallest absolute Gasteiger partial charge is 0.339 e. The minimum absolute atomic E-state index is 0.350. The van der Waals surface area contributed by atoms with Crippen LogP contribution in [0.3, 0.4) is 0 Å². The SMILES string of the molecule is CCc1ccc2ccccc2c1NC(C(=O)O)C(O)(CC(=O)O)C(=O)O. The summed E-state index contributed by atoms with van der Waals surface area (Å²) in [6.07, 6.45) is -0.748. The van der Waals surface area contributed by atoms with Crippen LogP contribution in [0.2, 0.25) is 0 Å². The van der Waals surface area contributed by atoms with Crippen LogP contribution in [0.1, 0.15) is 18.9 Å². The van der Waals surface area contributed by atoms with Crippen LogP contribution in [0, 0.1) is 0 Å². The van der Waals surface area contributed by atoms with Crippen molar-refractivity contribution in [3.8, 4) is 0 Å². The van der Waals surface area contributed by atoms with Crippen LogP contribution < -0.4 is 5.32 Å². The molecule has 2 unspecified atom stereocenters. The lowest BCUT2D eigenvalue weighted by molar-refractivity contribution is -0.171. The molecule has 0 aliphatic heterocycles. The number of rotatable bonds is 8. The Hall–Kier alpha value is -3.13. The molecular formula is C18H19NO7. The van der Waals surface area contributed by atoms with Crippen LogP contribution in [-0.2, 0) is 20.8 Å². The molecule has 8 nitrogen and oxygen atoms in total. The van der Waals surface area contributed by atoms with Crippen molar-refractivity contribution in [3.63, 3.8) is 0 Å². The summed E-state index contributed by atoms with van der Waals surface area (Å²) in [4.78, 5) is 34.2. The number of aryl methyl sites for hydroxylation is 1. The fourth-order valence-corrected chi connectivity index (χ4v) is 2.84. The average Bonchev–Trinajstić information content (AvgIpc) is 2.58. The van der Waals surface area contributed by atoms with E-state index < -0.39 is 36.0 Å². The minimum atomic E-state index is -3.03. The molecule has 0 saturated carbocycles. The third-order valence-corrected chi connectivity index (χ3v) is 4.20. The van der Waals surface area contributed by atoms with Crippen LogP contribution in [0.4, 0.5) is 5.69 Å². The normalized spacial score (nSPS) is 14.4. The Morgan fingerprint density at radius 2 is 1.73 bits per heavy atom. The second-order valence-corrected chi connectivity index (χ2v) is 5.89. The first kappa shape index (κ1) is 19.2. The number of carboxylic acid groups (broad SMARTS) is 3. The van der Waals surface area contributed by atoms with Gasteiger partial charge < -0.3 is 25.7 Å². The van der Waals surface area contributed by atoms with Crippen molar-refractivity contribution in [1.29, 1.82) is 0 Å². The third kappa shape index (κ3) is 3.60. The van der Waals surface area contributed by atoms with Gasteiger partial charge in [-0.1, -0.05) is 43.3 Å². The molecular weight excluding hydrogens is 342 g/mol. The zero-order valence-corrected chi connectivity index (χ0v) is 14.0. The lowest BCUT2D eigenvalue weighted by atomic mass is 9.89. The van der Waals surface area contributed by atoms with Crippen LogP contribution in [0.25, 0.3) is 10.8 Å². The van der Waals surface area contributed by atoms with Gasteiger partial charge in [-0.15, -0.1) is 0 Å². The summed E-state index contributed by atoms with van der Waals surface area (Å²) >= 11 is 0. The van der Waals surface area contributed by atoms with Crippen LogP contribution in [-0.4, -0.2) is 50.0 Å². The number of aliphatic carboxylic acids is 3. The zero-order valence-electron chi connectivity index (χ0n) is 14.0. The predicted octanol–water partition coefficient (Wildman–Crippen LogP) is 1.56. The maximum atomic E-state index is 11.7. The fourth-order valence-electron chi connectivity index (χ4n) is 2.84. The molecule has 2 atom stereocenters. The highest BCUT2D eigenvalue weighted by Gasteiger charge is 2.50. The maximum absolute atomic E-state index is 11.7. The Morgan fingerprint density at radius 1 is 1.08 bits per heavy atom. The molecule has 0 amide bonds. The highest BCUT2D eigenvalue weighted by molar-refractivity contribution is 5.99. The second kappa shape index (κ2) is 7.40. The Labute approximate surface area is 148 Å². The molecule has 0 aliphatic rings. The maximum Gasteiger partial charge on any atom is 0.339 e. The van der Waals surface area contributed by atoms with Gasteiger partial charge in [-0.05, 0) is 17.4 Å². The van der Waals surface area contributed by atoms with Gasteiger partial charge in [0.1, 0.15) is 0 Å². The standard InChI is InChI=1S/C18H19NO7/c1-2-10-7-8-11-5-3-4-6-12(11)14(10)19-15(16(22)23)18(26,17(24)25)9-13(20)21/h3-8,15,19,26H,2,9H2,1H3,(H,20,21)(H,22,23)(H,24,25). The van der Waals surface area contributed by atoms with E-state index in [0.29, 0.717) is 23.1 Å². The van der Waals surface area contributed by atoms with E-state index in [1.807, 2.05) is 13.0 Å². The van der Waals surface area contributed by atoms with Gasteiger partial charge in [0, 0.05) is 11.1 Å². The molecule has 0 fully saturated rings. The lowest BCUT2D eigenvalue weighted by Gasteiger charge is -2.30. The summed E-state index contributed by atoms with van der Waals surface area (Å²) in [5.74, 6) is -5.24. The van der Waals surface area contributed by atoms with Crippen molar-refractivity contribution in [2.24, 2.45) is 0 Å². The molecule has 26 heavy (non-hydrogen) atoms. The minimum Gasteiger partial charge on any atom is -0.481 e. The average molecular weight is 361 g/mol. The van der Waals surface area contributed by atoms with E-state index in [9.17, 15) is 29.7 Å². The number of benzene rings is 2. The number of anilines is 1. The third-order valence-electron chi connectivity index (χ3n) is 4.20. The van der Waals surface area contributed by atoms with E-state index in [4.69, 9.17) is 5.11 Å². The summed E-state index contributed by atoms with van der Waals surface area (Å²) in [6.45, 7) is 1.84. The van der Waals surface area contributed by atoms with Crippen molar-refractivity contribution < 1.29 is 34.8 Å². The summed E-state index contributed by atoms with van der Waals surface area (Å²) in [5.41, 5.74) is -1.97. The monoisotopic (exact) mass is 361 g/mol. The Bertz CT molecular complexity index is 864. The molecule has 2 aromatic rings. The first-order chi connectivity index (χ1) is 12.2. The number of nitrogens with one attached hydrogen (secondary N) is 1. The first-order valence-corrected chi connectivity index (χ1v) is 7.88. The zero-order chi connectivity index (χ0) is 19.5. The number of aliphatic hydroxyl groups is 1. The molecule has 5 N–H and O–H groups in total. The van der Waals surface area contributed by atoms with Crippen LogP contribution >= 0.6 is 0 Å². The van der Waals surface area contributed by atoms with E-state index in [1.165, 1.54) is 0 Å². The van der Waals surface area contributed by atoms with Crippen LogP contribution in [0.15, 0.2) is 36.4 Å². The molecule has 0 heterocycles. The van der Waals surface area contributed by atoms with E-state index in [1.54, 1.807) is 30.3 Å². The summed E-state index contributed by atoms with van der Waals surface area (Å²) in [5, 5.41) is 42.1. The molecule has 8 heteroatoms. The Morgan fingerprint density at radius 3 is 2.27 bits per heavy atom. The molecule has 0 spiro atoms. The second-order valence-electron chi connectivity index (χ2n) is 5.89. The van der Waals surface area contributed by atoms with Gasteiger partial charge in [0.15, 0.2) is 6.04 Å². The fraction of sp³-hybridized carbons (Fsp3) is 0.278. The van der Waals surface area contributed by atoms with Crippen molar-refractivity contribution in [1.82, 2.24) is 0 Å². The summed E-state index contributed by atoms with van der Waals surface area (Å²) in [6, 6.07) is 8.61. The van der Waals surface area contributed by atoms with E-state index in [2.05, 4.69) is 5.32 Å². The summed E-state index contributed by atoms with van der Waals surface area (Å²) in [7, 11) is 0. The van der Waals surface area contributed by atoms with E-state index in [0.717, 1.165) is 5.39 Å². The Balaban J connectivity index is 2.61. The molecule has 0 saturated heterocycles. The van der Waals surface area contributed by atoms with Gasteiger partial charge >= 0.3 is 17.9 Å². The predicted molar refractivity (Wildman–Crippen MR) is 93.2 cm³/mol. The van der Waals surface area contributed by atoms with E-state index in [-0.39, 0.29) is 0 Å². The highest BCUT2D eigenvalue weighted by atomic mass is 16.4. The quantitative estimate of drug-likeness (QED) is 0.476. The topological polar surface area (TPSA) is 144 Å². The van der Waals surface area contributed by atoms with Crippen molar-refractivity contribution in [2.75, 3.05) is 5.32 Å². The Kier molecular flexibility index (Phi) is 5.47. The number of carboxylic acids is 3.